The fourth-order valence-corrected chi connectivity index (χ4v) is 2.44. The van der Waals surface area contributed by atoms with E-state index < -0.39 is 0 Å². The molecule has 110 valence electrons. The summed E-state index contributed by atoms with van der Waals surface area (Å²) >= 11 is 0. The highest BCUT2D eigenvalue weighted by molar-refractivity contribution is 5.98. The Labute approximate surface area is 126 Å². The van der Waals surface area contributed by atoms with Gasteiger partial charge in [-0.1, -0.05) is 44.2 Å². The maximum Gasteiger partial charge on any atom is 0.163 e. The summed E-state index contributed by atoms with van der Waals surface area (Å²) in [4.78, 5) is 12.1. The van der Waals surface area contributed by atoms with Crippen LogP contribution in [0, 0.1) is 6.92 Å². The van der Waals surface area contributed by atoms with Crippen LogP contribution in [0.3, 0.4) is 0 Å². The average molecular weight is 282 g/mol. The average Bonchev–Trinajstić information content (AvgIpc) is 2.52. The van der Waals surface area contributed by atoms with Crippen molar-refractivity contribution in [2.24, 2.45) is 0 Å². The van der Waals surface area contributed by atoms with E-state index in [-0.39, 0.29) is 5.78 Å². The Bertz CT molecular complexity index is 629. The molecule has 21 heavy (non-hydrogen) atoms. The standard InChI is InChI=1S/C19H22O2/c1-4-15-9-7-11-17(12-15)21-13-16-10-6-8-14(3)19(16)18(20)5-2/h6-12H,4-5,13H2,1-3H3. The quantitative estimate of drug-likeness (QED) is 0.716. The zero-order chi connectivity index (χ0) is 15.2. The van der Waals surface area contributed by atoms with E-state index in [4.69, 9.17) is 4.74 Å². The minimum absolute atomic E-state index is 0.175. The highest BCUT2D eigenvalue weighted by Crippen LogP contribution is 2.20. The molecule has 2 heteroatoms. The van der Waals surface area contributed by atoms with Crippen molar-refractivity contribution in [1.29, 1.82) is 0 Å². The van der Waals surface area contributed by atoms with E-state index in [1.165, 1.54) is 5.56 Å². The van der Waals surface area contributed by atoms with Crippen LogP contribution in [0.5, 0.6) is 5.75 Å². The van der Waals surface area contributed by atoms with Crippen molar-refractivity contribution >= 4 is 5.78 Å². The Morgan fingerprint density at radius 2 is 1.86 bits per heavy atom. The van der Waals surface area contributed by atoms with E-state index >= 15 is 0 Å². The second-order valence-corrected chi connectivity index (χ2v) is 5.18. The molecule has 0 heterocycles. The van der Waals surface area contributed by atoms with Gasteiger partial charge in [-0.15, -0.1) is 0 Å². The molecule has 0 bridgehead atoms. The molecule has 2 aromatic carbocycles. The van der Waals surface area contributed by atoms with Crippen LogP contribution in [0.1, 0.15) is 47.3 Å². The van der Waals surface area contributed by atoms with Gasteiger partial charge in [-0.2, -0.15) is 0 Å². The van der Waals surface area contributed by atoms with E-state index in [1.54, 1.807) is 0 Å². The largest absolute Gasteiger partial charge is 0.489 e. The number of aryl methyl sites for hydroxylation is 2. The van der Waals surface area contributed by atoms with Gasteiger partial charge in [0.25, 0.3) is 0 Å². The highest BCUT2D eigenvalue weighted by atomic mass is 16.5. The monoisotopic (exact) mass is 282 g/mol. The van der Waals surface area contributed by atoms with Crippen molar-refractivity contribution < 1.29 is 9.53 Å². The maximum atomic E-state index is 12.1. The van der Waals surface area contributed by atoms with Crippen molar-refractivity contribution in [2.75, 3.05) is 0 Å². The first-order valence-corrected chi connectivity index (χ1v) is 7.49. The number of rotatable bonds is 6. The second kappa shape index (κ2) is 7.07. The van der Waals surface area contributed by atoms with Crippen molar-refractivity contribution in [3.05, 3.63) is 64.7 Å². The lowest BCUT2D eigenvalue weighted by Gasteiger charge is -2.13. The summed E-state index contributed by atoms with van der Waals surface area (Å²) in [6, 6.07) is 14.0. The topological polar surface area (TPSA) is 26.3 Å². The predicted molar refractivity (Wildman–Crippen MR) is 86.0 cm³/mol. The van der Waals surface area contributed by atoms with Crippen LogP contribution in [0.25, 0.3) is 0 Å². The van der Waals surface area contributed by atoms with Gasteiger partial charge < -0.3 is 4.74 Å². The van der Waals surface area contributed by atoms with E-state index in [0.717, 1.165) is 28.9 Å². The van der Waals surface area contributed by atoms with E-state index in [1.807, 2.05) is 44.2 Å². The third-order valence-electron chi connectivity index (χ3n) is 3.66. The molecule has 0 radical (unpaired) electrons. The Hall–Kier alpha value is -2.09. The number of ketones is 1. The van der Waals surface area contributed by atoms with Crippen LogP contribution >= 0.6 is 0 Å². The van der Waals surface area contributed by atoms with Gasteiger partial charge >= 0.3 is 0 Å². The highest BCUT2D eigenvalue weighted by Gasteiger charge is 2.12. The molecule has 0 aliphatic rings. The fourth-order valence-electron chi connectivity index (χ4n) is 2.44. The molecule has 0 fully saturated rings. The minimum atomic E-state index is 0.175. The van der Waals surface area contributed by atoms with Gasteiger partial charge in [0.1, 0.15) is 12.4 Å². The molecule has 2 rings (SSSR count). The van der Waals surface area contributed by atoms with Crippen molar-refractivity contribution in [3.8, 4) is 5.75 Å². The Morgan fingerprint density at radius 1 is 1.10 bits per heavy atom. The molecule has 0 unspecified atom stereocenters. The third-order valence-corrected chi connectivity index (χ3v) is 3.66. The van der Waals surface area contributed by atoms with Crippen LogP contribution in [0.4, 0.5) is 0 Å². The smallest absolute Gasteiger partial charge is 0.163 e. The van der Waals surface area contributed by atoms with Gasteiger partial charge in [0.05, 0.1) is 0 Å². The lowest BCUT2D eigenvalue weighted by atomic mass is 9.97. The third kappa shape index (κ3) is 3.72. The summed E-state index contributed by atoms with van der Waals surface area (Å²) < 4.78 is 5.87. The first kappa shape index (κ1) is 15.3. The van der Waals surface area contributed by atoms with Crippen LogP contribution in [0.2, 0.25) is 0 Å². The summed E-state index contributed by atoms with van der Waals surface area (Å²) in [6.45, 7) is 6.42. The number of hydrogen-bond acceptors (Lipinski definition) is 2. The molecule has 2 nitrogen and oxygen atoms in total. The Morgan fingerprint density at radius 3 is 2.57 bits per heavy atom. The van der Waals surface area contributed by atoms with E-state index in [9.17, 15) is 4.79 Å². The maximum absolute atomic E-state index is 12.1. The molecule has 0 aromatic heterocycles. The predicted octanol–water partition coefficient (Wildman–Crippen LogP) is 4.73. The molecule has 0 aliphatic heterocycles. The van der Waals surface area contributed by atoms with Crippen LogP contribution in [-0.2, 0) is 13.0 Å². The van der Waals surface area contributed by atoms with E-state index in [0.29, 0.717) is 13.0 Å². The number of hydrogen-bond donors (Lipinski definition) is 0. The molecule has 0 spiro atoms. The van der Waals surface area contributed by atoms with Gasteiger partial charge in [-0.3, -0.25) is 4.79 Å². The van der Waals surface area contributed by atoms with Crippen molar-refractivity contribution in [2.45, 2.75) is 40.2 Å². The van der Waals surface area contributed by atoms with Gasteiger partial charge in [0.2, 0.25) is 0 Å². The Balaban J connectivity index is 2.20. The number of Topliss-reactive ketones (excluding diaryl/α,β-unsaturated/α-hetero) is 1. The summed E-state index contributed by atoms with van der Waals surface area (Å²) in [7, 11) is 0. The summed E-state index contributed by atoms with van der Waals surface area (Å²) in [5.41, 5.74) is 4.04. The van der Waals surface area contributed by atoms with Crippen LogP contribution in [0.15, 0.2) is 42.5 Å². The van der Waals surface area contributed by atoms with Gasteiger partial charge in [0, 0.05) is 17.5 Å². The van der Waals surface area contributed by atoms with Gasteiger partial charge in [-0.05, 0) is 36.6 Å². The molecule has 0 saturated carbocycles. The number of ether oxygens (including phenoxy) is 1. The molecular weight excluding hydrogens is 260 g/mol. The molecule has 0 aliphatic carbocycles. The second-order valence-electron chi connectivity index (χ2n) is 5.18. The van der Waals surface area contributed by atoms with Crippen LogP contribution < -0.4 is 4.74 Å². The molecule has 2 aromatic rings. The number of benzene rings is 2. The molecule has 0 saturated heterocycles. The van der Waals surface area contributed by atoms with Gasteiger partial charge in [-0.25, -0.2) is 0 Å². The lowest BCUT2D eigenvalue weighted by Crippen LogP contribution is -2.08. The minimum Gasteiger partial charge on any atom is -0.489 e. The normalized spacial score (nSPS) is 10.4. The molecule has 0 atom stereocenters. The number of carbonyl (C=O) groups excluding carboxylic acids is 1. The van der Waals surface area contributed by atoms with E-state index in [2.05, 4.69) is 19.1 Å². The van der Waals surface area contributed by atoms with Crippen molar-refractivity contribution in [1.82, 2.24) is 0 Å². The van der Waals surface area contributed by atoms with Crippen molar-refractivity contribution in [3.63, 3.8) is 0 Å². The molecule has 0 amide bonds. The zero-order valence-corrected chi connectivity index (χ0v) is 13.0. The number of carbonyl (C=O) groups is 1. The van der Waals surface area contributed by atoms with Gasteiger partial charge in [0.15, 0.2) is 5.78 Å². The summed E-state index contributed by atoms with van der Waals surface area (Å²) in [6.07, 6.45) is 1.50. The molecule has 0 N–H and O–H groups in total. The van der Waals surface area contributed by atoms with Crippen LogP contribution in [-0.4, -0.2) is 5.78 Å². The summed E-state index contributed by atoms with van der Waals surface area (Å²) in [5.74, 6) is 1.03. The fraction of sp³-hybridized carbons (Fsp3) is 0.316. The molecular formula is C19H22O2. The Kier molecular flexibility index (Phi) is 5.15. The first-order valence-electron chi connectivity index (χ1n) is 7.49. The lowest BCUT2D eigenvalue weighted by molar-refractivity contribution is 0.0985. The SMILES string of the molecule is CCC(=O)c1c(C)cccc1COc1cccc(CC)c1. The first-order chi connectivity index (χ1) is 10.2. The zero-order valence-electron chi connectivity index (χ0n) is 13.0. The summed E-state index contributed by atoms with van der Waals surface area (Å²) in [5, 5.41) is 0.